The van der Waals surface area contributed by atoms with Crippen LogP contribution in [-0.2, 0) is 6.42 Å². The SMILES string of the molecule is Cc1cc(C)cc(CC2(N)CCCC(C)C2)c1. The molecule has 1 fully saturated rings. The molecule has 2 atom stereocenters. The van der Waals surface area contributed by atoms with Crippen molar-refractivity contribution >= 4 is 0 Å². The summed E-state index contributed by atoms with van der Waals surface area (Å²) in [6, 6.07) is 6.82. The molecule has 0 bridgehead atoms. The van der Waals surface area contributed by atoms with Crippen LogP contribution in [0.15, 0.2) is 18.2 Å². The van der Waals surface area contributed by atoms with Gasteiger partial charge in [-0.3, -0.25) is 0 Å². The maximum absolute atomic E-state index is 6.58. The molecule has 1 heteroatoms. The third-order valence-corrected chi connectivity index (χ3v) is 3.96. The molecule has 2 rings (SSSR count). The van der Waals surface area contributed by atoms with E-state index in [4.69, 9.17) is 5.73 Å². The molecule has 1 nitrogen and oxygen atoms in total. The summed E-state index contributed by atoms with van der Waals surface area (Å²) in [7, 11) is 0. The van der Waals surface area contributed by atoms with E-state index in [0.29, 0.717) is 0 Å². The van der Waals surface area contributed by atoms with Crippen LogP contribution < -0.4 is 5.73 Å². The van der Waals surface area contributed by atoms with Crippen molar-refractivity contribution in [3.8, 4) is 0 Å². The summed E-state index contributed by atoms with van der Waals surface area (Å²) in [5, 5.41) is 0. The van der Waals surface area contributed by atoms with Crippen molar-refractivity contribution in [2.45, 2.75) is 58.4 Å². The molecule has 0 radical (unpaired) electrons. The molecule has 2 N–H and O–H groups in total. The molecule has 1 aromatic rings. The lowest BCUT2D eigenvalue weighted by Crippen LogP contribution is -2.45. The smallest absolute Gasteiger partial charge is 0.0197 e. The Hall–Kier alpha value is -0.820. The van der Waals surface area contributed by atoms with Crippen LogP contribution in [0, 0.1) is 19.8 Å². The van der Waals surface area contributed by atoms with Crippen molar-refractivity contribution in [3.63, 3.8) is 0 Å². The zero-order chi connectivity index (χ0) is 12.5. The van der Waals surface area contributed by atoms with E-state index >= 15 is 0 Å². The van der Waals surface area contributed by atoms with E-state index in [0.717, 1.165) is 12.3 Å². The van der Waals surface area contributed by atoms with Crippen LogP contribution >= 0.6 is 0 Å². The van der Waals surface area contributed by atoms with Gasteiger partial charge in [0.2, 0.25) is 0 Å². The van der Waals surface area contributed by atoms with Gasteiger partial charge in [-0.05, 0) is 44.6 Å². The van der Waals surface area contributed by atoms with Gasteiger partial charge in [-0.15, -0.1) is 0 Å². The van der Waals surface area contributed by atoms with Crippen LogP contribution in [0.3, 0.4) is 0 Å². The Labute approximate surface area is 105 Å². The molecule has 94 valence electrons. The second-order valence-electron chi connectivity index (χ2n) is 6.24. The second kappa shape index (κ2) is 4.81. The Balaban J connectivity index is 2.13. The largest absolute Gasteiger partial charge is 0.325 e. The molecular formula is C16H25N. The third-order valence-electron chi connectivity index (χ3n) is 3.96. The third kappa shape index (κ3) is 3.32. The molecule has 0 aliphatic heterocycles. The number of hydrogen-bond donors (Lipinski definition) is 1. The molecular weight excluding hydrogens is 206 g/mol. The van der Waals surface area contributed by atoms with Crippen molar-refractivity contribution in [3.05, 3.63) is 34.9 Å². The molecule has 1 aliphatic rings. The molecule has 17 heavy (non-hydrogen) atoms. The summed E-state index contributed by atoms with van der Waals surface area (Å²) in [5.74, 6) is 0.791. The quantitative estimate of drug-likeness (QED) is 0.824. The molecule has 0 heterocycles. The molecule has 0 spiro atoms. The highest BCUT2D eigenvalue weighted by Gasteiger charge is 2.30. The summed E-state index contributed by atoms with van der Waals surface area (Å²) in [6.07, 6.45) is 6.05. The summed E-state index contributed by atoms with van der Waals surface area (Å²) in [6.45, 7) is 6.68. The summed E-state index contributed by atoms with van der Waals surface area (Å²) >= 11 is 0. The summed E-state index contributed by atoms with van der Waals surface area (Å²) < 4.78 is 0. The molecule has 0 amide bonds. The van der Waals surface area contributed by atoms with Gasteiger partial charge >= 0.3 is 0 Å². The van der Waals surface area contributed by atoms with Crippen LogP contribution in [0.2, 0.25) is 0 Å². The van der Waals surface area contributed by atoms with Gasteiger partial charge in [0.15, 0.2) is 0 Å². The topological polar surface area (TPSA) is 26.0 Å². The van der Waals surface area contributed by atoms with Crippen molar-refractivity contribution in [1.29, 1.82) is 0 Å². The van der Waals surface area contributed by atoms with Crippen molar-refractivity contribution < 1.29 is 0 Å². The number of hydrogen-bond acceptors (Lipinski definition) is 1. The normalized spacial score (nSPS) is 29.3. The van der Waals surface area contributed by atoms with Gasteiger partial charge in [0.1, 0.15) is 0 Å². The predicted octanol–water partition coefficient (Wildman–Crippen LogP) is 3.75. The van der Waals surface area contributed by atoms with Crippen LogP contribution in [0.5, 0.6) is 0 Å². The van der Waals surface area contributed by atoms with Gasteiger partial charge in [-0.1, -0.05) is 49.1 Å². The first-order valence-corrected chi connectivity index (χ1v) is 6.83. The first-order chi connectivity index (χ1) is 7.97. The Morgan fingerprint density at radius 3 is 2.47 bits per heavy atom. The fraction of sp³-hybridized carbons (Fsp3) is 0.625. The fourth-order valence-electron chi connectivity index (χ4n) is 3.44. The van der Waals surface area contributed by atoms with E-state index in [2.05, 4.69) is 39.0 Å². The number of rotatable bonds is 2. The van der Waals surface area contributed by atoms with E-state index in [1.54, 1.807) is 0 Å². The van der Waals surface area contributed by atoms with Gasteiger partial charge in [0.05, 0.1) is 0 Å². The number of nitrogens with two attached hydrogens (primary N) is 1. The number of aryl methyl sites for hydroxylation is 2. The van der Waals surface area contributed by atoms with Gasteiger partial charge in [-0.25, -0.2) is 0 Å². The summed E-state index contributed by atoms with van der Waals surface area (Å²) in [5.41, 5.74) is 10.7. The van der Waals surface area contributed by atoms with E-state index in [-0.39, 0.29) is 5.54 Å². The van der Waals surface area contributed by atoms with Gasteiger partial charge in [0, 0.05) is 5.54 Å². The van der Waals surface area contributed by atoms with Crippen molar-refractivity contribution in [2.75, 3.05) is 0 Å². The Morgan fingerprint density at radius 2 is 1.88 bits per heavy atom. The first kappa shape index (κ1) is 12.6. The Bertz CT molecular complexity index is 376. The maximum Gasteiger partial charge on any atom is 0.0197 e. The minimum atomic E-state index is 0.0396. The van der Waals surface area contributed by atoms with Crippen LogP contribution in [-0.4, -0.2) is 5.54 Å². The maximum atomic E-state index is 6.58. The van der Waals surface area contributed by atoms with E-state index in [1.807, 2.05) is 0 Å². The van der Waals surface area contributed by atoms with Crippen molar-refractivity contribution in [1.82, 2.24) is 0 Å². The van der Waals surface area contributed by atoms with E-state index < -0.39 is 0 Å². The van der Waals surface area contributed by atoms with E-state index in [1.165, 1.54) is 42.4 Å². The zero-order valence-electron chi connectivity index (χ0n) is 11.4. The van der Waals surface area contributed by atoms with Crippen LogP contribution in [0.25, 0.3) is 0 Å². The Kier molecular flexibility index (Phi) is 3.58. The molecule has 0 aromatic heterocycles. The molecule has 0 saturated heterocycles. The lowest BCUT2D eigenvalue weighted by molar-refractivity contribution is 0.235. The molecule has 1 aliphatic carbocycles. The second-order valence-corrected chi connectivity index (χ2v) is 6.24. The lowest BCUT2D eigenvalue weighted by Gasteiger charge is -2.37. The molecule has 1 saturated carbocycles. The van der Waals surface area contributed by atoms with Crippen LogP contribution in [0.4, 0.5) is 0 Å². The average Bonchev–Trinajstić information content (AvgIpc) is 2.13. The number of benzene rings is 1. The molecule has 2 unspecified atom stereocenters. The highest BCUT2D eigenvalue weighted by Crippen LogP contribution is 2.33. The lowest BCUT2D eigenvalue weighted by atomic mass is 9.74. The minimum absolute atomic E-state index is 0.0396. The standard InChI is InChI=1S/C16H25N/c1-12-5-4-6-16(17,10-12)11-15-8-13(2)7-14(3)9-15/h7-9,12H,4-6,10-11,17H2,1-3H3. The van der Waals surface area contributed by atoms with E-state index in [9.17, 15) is 0 Å². The minimum Gasteiger partial charge on any atom is -0.325 e. The summed E-state index contributed by atoms with van der Waals surface area (Å²) in [4.78, 5) is 0. The Morgan fingerprint density at radius 1 is 1.24 bits per heavy atom. The predicted molar refractivity (Wildman–Crippen MR) is 74.2 cm³/mol. The monoisotopic (exact) mass is 231 g/mol. The van der Waals surface area contributed by atoms with Gasteiger partial charge in [0.25, 0.3) is 0 Å². The highest BCUT2D eigenvalue weighted by atomic mass is 14.7. The van der Waals surface area contributed by atoms with Gasteiger partial charge < -0.3 is 5.73 Å². The molecule has 1 aromatic carbocycles. The van der Waals surface area contributed by atoms with Gasteiger partial charge in [-0.2, -0.15) is 0 Å². The van der Waals surface area contributed by atoms with Crippen molar-refractivity contribution in [2.24, 2.45) is 11.7 Å². The first-order valence-electron chi connectivity index (χ1n) is 6.83. The van der Waals surface area contributed by atoms with Crippen LogP contribution in [0.1, 0.15) is 49.3 Å². The zero-order valence-corrected chi connectivity index (χ0v) is 11.4. The average molecular weight is 231 g/mol. The fourth-order valence-corrected chi connectivity index (χ4v) is 3.44. The highest BCUT2D eigenvalue weighted by molar-refractivity contribution is 5.29.